The quantitative estimate of drug-likeness (QED) is 0.841. The van der Waals surface area contributed by atoms with Gasteiger partial charge in [-0.1, -0.05) is 26.2 Å². The van der Waals surface area contributed by atoms with Crippen molar-refractivity contribution in [2.75, 3.05) is 0 Å². The van der Waals surface area contributed by atoms with E-state index in [9.17, 15) is 8.78 Å². The molecule has 0 aliphatic heterocycles. The van der Waals surface area contributed by atoms with Gasteiger partial charge in [0.05, 0.1) is 0 Å². The summed E-state index contributed by atoms with van der Waals surface area (Å²) in [6.45, 7) is 4.20. The Kier molecular flexibility index (Phi) is 4.92. The van der Waals surface area contributed by atoms with E-state index in [1.807, 2.05) is 6.92 Å². The van der Waals surface area contributed by atoms with Gasteiger partial charge in [-0.2, -0.15) is 0 Å². The molecular weight excluding hydrogens is 244 g/mol. The van der Waals surface area contributed by atoms with E-state index in [1.165, 1.54) is 44.2 Å². The van der Waals surface area contributed by atoms with E-state index in [-0.39, 0.29) is 6.04 Å². The number of halogens is 2. The highest BCUT2D eigenvalue weighted by Crippen LogP contribution is 2.29. The predicted octanol–water partition coefficient (Wildman–Crippen LogP) is 4.58. The highest BCUT2D eigenvalue weighted by molar-refractivity contribution is 5.21. The Balaban J connectivity index is 2.04. The third kappa shape index (κ3) is 3.75. The maximum atomic E-state index is 13.2. The summed E-state index contributed by atoms with van der Waals surface area (Å²) >= 11 is 0. The van der Waals surface area contributed by atoms with Crippen LogP contribution in [-0.2, 0) is 0 Å². The summed E-state index contributed by atoms with van der Waals surface area (Å²) in [5, 5.41) is 3.56. The fraction of sp³-hybridized carbons (Fsp3) is 0.625. The lowest BCUT2D eigenvalue weighted by molar-refractivity contribution is 0.240. The third-order valence-corrected chi connectivity index (χ3v) is 4.28. The van der Waals surface area contributed by atoms with Crippen LogP contribution in [-0.4, -0.2) is 6.04 Å². The van der Waals surface area contributed by atoms with Crippen LogP contribution in [0.25, 0.3) is 0 Å². The van der Waals surface area contributed by atoms with Gasteiger partial charge in [-0.05, 0) is 43.4 Å². The molecule has 0 spiro atoms. The number of benzene rings is 1. The number of hydrogen-bond donors (Lipinski definition) is 1. The van der Waals surface area contributed by atoms with Gasteiger partial charge >= 0.3 is 0 Å². The van der Waals surface area contributed by atoms with Crippen molar-refractivity contribution in [3.8, 4) is 0 Å². The average Bonchev–Trinajstić information content (AvgIpc) is 2.38. The highest BCUT2D eigenvalue weighted by Gasteiger charge is 2.25. The molecule has 0 radical (unpaired) electrons. The molecule has 1 fully saturated rings. The standard InChI is InChI=1S/C16H23F2N/c1-3-12-6-4-5-7-16(12)19-11(2)13-8-14(17)10-15(18)9-13/h8-12,16,19H,3-7H2,1-2H3. The molecule has 0 heterocycles. The summed E-state index contributed by atoms with van der Waals surface area (Å²) in [5.41, 5.74) is 0.693. The van der Waals surface area contributed by atoms with Crippen LogP contribution in [0.5, 0.6) is 0 Å². The molecule has 1 saturated carbocycles. The summed E-state index contributed by atoms with van der Waals surface area (Å²) < 4.78 is 26.5. The van der Waals surface area contributed by atoms with Gasteiger partial charge in [-0.25, -0.2) is 8.78 Å². The maximum Gasteiger partial charge on any atom is 0.126 e. The Bertz CT molecular complexity index is 399. The first kappa shape index (κ1) is 14.4. The molecule has 3 unspecified atom stereocenters. The first-order valence-electron chi connectivity index (χ1n) is 7.32. The Morgan fingerprint density at radius 2 is 1.79 bits per heavy atom. The van der Waals surface area contributed by atoms with E-state index in [2.05, 4.69) is 12.2 Å². The number of hydrogen-bond acceptors (Lipinski definition) is 1. The molecule has 2 rings (SSSR count). The second-order valence-electron chi connectivity index (χ2n) is 5.65. The molecule has 106 valence electrons. The minimum atomic E-state index is -0.501. The van der Waals surface area contributed by atoms with Crippen LogP contribution in [0.4, 0.5) is 8.78 Å². The van der Waals surface area contributed by atoms with Crippen LogP contribution in [0.2, 0.25) is 0 Å². The second kappa shape index (κ2) is 6.47. The van der Waals surface area contributed by atoms with Crippen molar-refractivity contribution in [3.63, 3.8) is 0 Å². The van der Waals surface area contributed by atoms with Crippen molar-refractivity contribution >= 4 is 0 Å². The summed E-state index contributed by atoms with van der Waals surface area (Å²) in [6, 6.07) is 4.23. The van der Waals surface area contributed by atoms with E-state index in [0.717, 1.165) is 6.07 Å². The molecule has 1 aromatic carbocycles. The van der Waals surface area contributed by atoms with Crippen molar-refractivity contribution in [1.29, 1.82) is 0 Å². The molecule has 3 atom stereocenters. The average molecular weight is 267 g/mol. The lowest BCUT2D eigenvalue weighted by atomic mass is 9.82. The molecule has 0 bridgehead atoms. The fourth-order valence-corrected chi connectivity index (χ4v) is 3.16. The van der Waals surface area contributed by atoms with E-state index < -0.39 is 11.6 Å². The molecule has 0 amide bonds. The van der Waals surface area contributed by atoms with Gasteiger partial charge in [0.1, 0.15) is 11.6 Å². The van der Waals surface area contributed by atoms with Gasteiger partial charge < -0.3 is 5.32 Å². The third-order valence-electron chi connectivity index (χ3n) is 4.28. The lowest BCUT2D eigenvalue weighted by Crippen LogP contribution is -2.39. The summed E-state index contributed by atoms with van der Waals surface area (Å²) in [7, 11) is 0. The first-order chi connectivity index (χ1) is 9.10. The minimum absolute atomic E-state index is 0.0117. The summed E-state index contributed by atoms with van der Waals surface area (Å²) in [4.78, 5) is 0. The molecule has 19 heavy (non-hydrogen) atoms. The summed E-state index contributed by atoms with van der Waals surface area (Å²) in [5.74, 6) is -0.312. The van der Waals surface area contributed by atoms with Gasteiger partial charge in [0, 0.05) is 18.2 Å². The Morgan fingerprint density at radius 3 is 2.42 bits per heavy atom. The minimum Gasteiger partial charge on any atom is -0.307 e. The second-order valence-corrected chi connectivity index (χ2v) is 5.65. The molecule has 1 aromatic rings. The van der Waals surface area contributed by atoms with Crippen LogP contribution in [0.3, 0.4) is 0 Å². The van der Waals surface area contributed by atoms with Gasteiger partial charge in [0.15, 0.2) is 0 Å². The molecule has 1 N–H and O–H groups in total. The van der Waals surface area contributed by atoms with E-state index in [4.69, 9.17) is 0 Å². The van der Waals surface area contributed by atoms with Gasteiger partial charge in [0.2, 0.25) is 0 Å². The molecule has 1 aliphatic carbocycles. The van der Waals surface area contributed by atoms with Crippen LogP contribution in [0.1, 0.15) is 57.6 Å². The van der Waals surface area contributed by atoms with Crippen molar-refractivity contribution < 1.29 is 8.78 Å². The topological polar surface area (TPSA) is 12.0 Å². The molecule has 3 heteroatoms. The zero-order valence-electron chi connectivity index (χ0n) is 11.8. The lowest BCUT2D eigenvalue weighted by Gasteiger charge is -2.34. The number of nitrogens with one attached hydrogen (secondary N) is 1. The molecule has 0 aromatic heterocycles. The van der Waals surface area contributed by atoms with Gasteiger partial charge in [-0.3, -0.25) is 0 Å². The van der Waals surface area contributed by atoms with Crippen LogP contribution in [0.15, 0.2) is 18.2 Å². The Labute approximate surface area is 114 Å². The Hall–Kier alpha value is -0.960. The molecular formula is C16H23F2N. The van der Waals surface area contributed by atoms with Crippen molar-refractivity contribution in [2.45, 2.75) is 58.0 Å². The van der Waals surface area contributed by atoms with Crippen molar-refractivity contribution in [3.05, 3.63) is 35.4 Å². The van der Waals surface area contributed by atoms with Gasteiger partial charge in [-0.15, -0.1) is 0 Å². The largest absolute Gasteiger partial charge is 0.307 e. The SMILES string of the molecule is CCC1CCCCC1NC(C)c1cc(F)cc(F)c1. The highest BCUT2D eigenvalue weighted by atomic mass is 19.1. The maximum absolute atomic E-state index is 13.2. The monoisotopic (exact) mass is 267 g/mol. The van der Waals surface area contributed by atoms with Crippen LogP contribution in [0, 0.1) is 17.6 Å². The first-order valence-corrected chi connectivity index (χ1v) is 7.32. The van der Waals surface area contributed by atoms with E-state index in [1.54, 1.807) is 0 Å². The summed E-state index contributed by atoms with van der Waals surface area (Å²) in [6.07, 6.45) is 6.15. The molecule has 0 saturated heterocycles. The van der Waals surface area contributed by atoms with E-state index >= 15 is 0 Å². The zero-order valence-corrected chi connectivity index (χ0v) is 11.8. The molecule has 1 nitrogen and oxygen atoms in total. The normalized spacial score (nSPS) is 25.3. The van der Waals surface area contributed by atoms with Crippen molar-refractivity contribution in [2.24, 2.45) is 5.92 Å². The molecule has 1 aliphatic rings. The zero-order chi connectivity index (χ0) is 13.8. The van der Waals surface area contributed by atoms with Crippen LogP contribution >= 0.6 is 0 Å². The Morgan fingerprint density at radius 1 is 1.16 bits per heavy atom. The smallest absolute Gasteiger partial charge is 0.126 e. The number of rotatable bonds is 4. The predicted molar refractivity (Wildman–Crippen MR) is 73.9 cm³/mol. The fourth-order valence-electron chi connectivity index (χ4n) is 3.16. The van der Waals surface area contributed by atoms with Crippen molar-refractivity contribution in [1.82, 2.24) is 5.32 Å². The van der Waals surface area contributed by atoms with Gasteiger partial charge in [0.25, 0.3) is 0 Å². The van der Waals surface area contributed by atoms with Crippen LogP contribution < -0.4 is 5.32 Å². The van der Waals surface area contributed by atoms with E-state index in [0.29, 0.717) is 17.5 Å².